The zero-order valence-electron chi connectivity index (χ0n) is 51.6. The van der Waals surface area contributed by atoms with E-state index in [1.165, 1.54) is 38.5 Å². The average molecular weight is 1210 g/mol. The molecule has 0 aliphatic heterocycles. The second-order valence-corrected chi connectivity index (χ2v) is 24.1. The van der Waals surface area contributed by atoms with E-state index in [4.69, 9.17) is 32.3 Å². The van der Waals surface area contributed by atoms with Gasteiger partial charge in [0.05, 0.1) is 26.4 Å². The monoisotopic (exact) mass is 1210 g/mol. The number of aliphatic hydroxyl groups is 2. The van der Waals surface area contributed by atoms with Crippen molar-refractivity contribution >= 4 is 33.6 Å². The fourth-order valence-corrected chi connectivity index (χ4v) is 9.82. The summed E-state index contributed by atoms with van der Waals surface area (Å²) in [6.07, 6.45) is 60.7. The molecule has 0 saturated heterocycles. The van der Waals surface area contributed by atoms with Gasteiger partial charge in [-0.3, -0.25) is 32.5 Å². The van der Waals surface area contributed by atoms with Gasteiger partial charge >= 0.3 is 33.6 Å². The molecule has 0 fully saturated rings. The van der Waals surface area contributed by atoms with Crippen molar-refractivity contribution in [2.45, 2.75) is 270 Å². The third-order valence-corrected chi connectivity index (χ3v) is 15.0. The number of rotatable bonds is 60. The molecule has 0 saturated carbocycles. The average Bonchev–Trinajstić information content (AvgIpc) is 3.47. The predicted octanol–water partition coefficient (Wildman–Crippen LogP) is 17.0. The topological polar surface area (TPSA) is 231 Å². The Morgan fingerprint density at radius 3 is 1.02 bits per heavy atom. The van der Waals surface area contributed by atoms with Crippen molar-refractivity contribution in [3.05, 3.63) is 85.1 Å². The minimum Gasteiger partial charge on any atom is -0.463 e. The zero-order valence-corrected chi connectivity index (χ0v) is 53.4. The molecule has 0 spiro atoms. The zero-order chi connectivity index (χ0) is 61.0. The van der Waals surface area contributed by atoms with Gasteiger partial charge in [-0.05, 0) is 109 Å². The Morgan fingerprint density at radius 2 is 0.639 bits per heavy atom. The summed E-state index contributed by atoms with van der Waals surface area (Å²) in [6.45, 7) is 2.39. The highest BCUT2D eigenvalue weighted by molar-refractivity contribution is 7.47. The number of hydrogen-bond donors (Lipinski definition) is 4. The number of ether oxygens (including phenoxy) is 3. The van der Waals surface area contributed by atoms with E-state index in [0.29, 0.717) is 19.3 Å². The van der Waals surface area contributed by atoms with Crippen LogP contribution in [0.15, 0.2) is 85.1 Å². The summed E-state index contributed by atoms with van der Waals surface area (Å²) in [7, 11) is -9.77. The Bertz CT molecular complexity index is 1860. The van der Waals surface area contributed by atoms with Crippen molar-refractivity contribution in [1.29, 1.82) is 0 Å². The third kappa shape index (κ3) is 60.2. The van der Waals surface area contributed by atoms with Gasteiger partial charge in [-0.1, -0.05) is 209 Å². The van der Waals surface area contributed by atoms with E-state index in [2.05, 4.69) is 106 Å². The van der Waals surface area contributed by atoms with E-state index >= 15 is 0 Å². The molecule has 5 unspecified atom stereocenters. The van der Waals surface area contributed by atoms with Crippen LogP contribution in [-0.2, 0) is 55.8 Å². The number of allylic oxidation sites excluding steroid dienone is 14. The molecule has 5 atom stereocenters. The van der Waals surface area contributed by atoms with E-state index in [0.717, 1.165) is 154 Å². The van der Waals surface area contributed by atoms with Gasteiger partial charge in [0.25, 0.3) is 0 Å². The molecule has 16 nitrogen and oxygen atoms in total. The normalized spacial score (nSPS) is 14.9. The lowest BCUT2D eigenvalue weighted by molar-refractivity contribution is -0.161. The lowest BCUT2D eigenvalue weighted by Gasteiger charge is -2.21. The maximum atomic E-state index is 12.9. The van der Waals surface area contributed by atoms with Crippen LogP contribution in [-0.4, -0.2) is 95.9 Å². The molecule has 83 heavy (non-hydrogen) atoms. The van der Waals surface area contributed by atoms with Gasteiger partial charge in [0.15, 0.2) is 6.10 Å². The van der Waals surface area contributed by atoms with Crippen molar-refractivity contribution in [1.82, 2.24) is 0 Å². The van der Waals surface area contributed by atoms with E-state index in [1.807, 2.05) is 0 Å². The SMILES string of the molecule is CC/C=C\C/C=C\C/C=C\CCCCCCCCCC(=O)OCC(O)COP(=O)(O)OCC(O)COP(=O)(O)OCC(COC(=O)CCCCCCC/C=C\C/C=C\C/C=C\CC)OC(=O)CCCCCCC/C=C\CCCCCCCC. The minimum atomic E-state index is -4.92. The lowest BCUT2D eigenvalue weighted by atomic mass is 10.1. The largest absolute Gasteiger partial charge is 0.472 e. The Kier molecular flexibility index (Phi) is 56.8. The first-order chi connectivity index (χ1) is 40.2. The van der Waals surface area contributed by atoms with Gasteiger partial charge in [-0.25, -0.2) is 9.13 Å². The molecular formula is C65H114O16P2. The number of aliphatic hydroxyl groups excluding tert-OH is 2. The summed E-state index contributed by atoms with van der Waals surface area (Å²) in [5, 5.41) is 20.5. The molecule has 4 N–H and O–H groups in total. The Hall–Kier alpha value is -3.27. The highest BCUT2D eigenvalue weighted by Crippen LogP contribution is 2.45. The second kappa shape index (κ2) is 59.1. The smallest absolute Gasteiger partial charge is 0.463 e. The van der Waals surface area contributed by atoms with Crippen molar-refractivity contribution in [3.8, 4) is 0 Å². The quantitative estimate of drug-likeness (QED) is 0.0146. The number of esters is 3. The molecule has 0 aromatic carbocycles. The number of hydrogen-bond acceptors (Lipinski definition) is 14. The van der Waals surface area contributed by atoms with Crippen molar-refractivity contribution in [2.75, 3.05) is 39.6 Å². The molecule has 0 bridgehead atoms. The highest BCUT2D eigenvalue weighted by Gasteiger charge is 2.29. The van der Waals surface area contributed by atoms with Gasteiger partial charge in [0.1, 0.15) is 25.4 Å². The fourth-order valence-electron chi connectivity index (χ4n) is 8.24. The van der Waals surface area contributed by atoms with Gasteiger partial charge in [-0.15, -0.1) is 0 Å². The Balaban J connectivity index is 4.71. The number of phosphoric ester groups is 2. The van der Waals surface area contributed by atoms with E-state index in [1.54, 1.807) is 0 Å². The Morgan fingerprint density at radius 1 is 0.349 bits per heavy atom. The maximum absolute atomic E-state index is 12.9. The molecule has 0 amide bonds. The number of unbranched alkanes of at least 4 members (excludes halogenated alkanes) is 23. The van der Waals surface area contributed by atoms with E-state index in [-0.39, 0.29) is 19.3 Å². The summed E-state index contributed by atoms with van der Waals surface area (Å²) in [4.78, 5) is 58.2. The van der Waals surface area contributed by atoms with E-state index in [9.17, 15) is 43.5 Å². The van der Waals surface area contributed by atoms with Crippen molar-refractivity contribution < 1.29 is 75.8 Å². The number of carbonyl (C=O) groups is 3. The second-order valence-electron chi connectivity index (χ2n) is 21.1. The molecule has 480 valence electrons. The number of phosphoric acid groups is 2. The van der Waals surface area contributed by atoms with Crippen LogP contribution in [0.1, 0.15) is 252 Å². The predicted molar refractivity (Wildman–Crippen MR) is 334 cm³/mol. The molecule has 0 rings (SSSR count). The van der Waals surface area contributed by atoms with Crippen LogP contribution >= 0.6 is 15.6 Å². The molecule has 0 aromatic heterocycles. The first kappa shape index (κ1) is 79.7. The van der Waals surface area contributed by atoms with Crippen LogP contribution < -0.4 is 0 Å². The third-order valence-electron chi connectivity index (χ3n) is 13.1. The molecule has 0 aliphatic carbocycles. The highest BCUT2D eigenvalue weighted by atomic mass is 31.2. The number of carbonyl (C=O) groups excluding carboxylic acids is 3. The maximum Gasteiger partial charge on any atom is 0.472 e. The Labute approximate surface area is 502 Å². The minimum absolute atomic E-state index is 0.0907. The van der Waals surface area contributed by atoms with Crippen LogP contribution in [0.5, 0.6) is 0 Å². The molecule has 0 heterocycles. The summed E-state index contributed by atoms with van der Waals surface area (Å²) in [5.41, 5.74) is 0. The molecule has 0 radical (unpaired) electrons. The van der Waals surface area contributed by atoms with Crippen LogP contribution in [0.3, 0.4) is 0 Å². The van der Waals surface area contributed by atoms with Gasteiger partial charge in [-0.2, -0.15) is 0 Å². The van der Waals surface area contributed by atoms with Crippen LogP contribution in [0.4, 0.5) is 0 Å². The summed E-state index contributed by atoms with van der Waals surface area (Å²) in [5.74, 6) is -1.61. The summed E-state index contributed by atoms with van der Waals surface area (Å²) < 4.78 is 60.7. The van der Waals surface area contributed by atoms with Gasteiger partial charge < -0.3 is 34.2 Å². The summed E-state index contributed by atoms with van der Waals surface area (Å²) >= 11 is 0. The first-order valence-corrected chi connectivity index (χ1v) is 34.9. The van der Waals surface area contributed by atoms with Crippen molar-refractivity contribution in [2.24, 2.45) is 0 Å². The fraction of sp³-hybridized carbons (Fsp3) is 0.738. The molecular weight excluding hydrogens is 1100 g/mol. The molecule has 0 aromatic rings. The van der Waals surface area contributed by atoms with Gasteiger partial charge in [0.2, 0.25) is 0 Å². The summed E-state index contributed by atoms with van der Waals surface area (Å²) in [6, 6.07) is 0. The molecule has 0 aliphatic rings. The van der Waals surface area contributed by atoms with Crippen LogP contribution in [0.2, 0.25) is 0 Å². The van der Waals surface area contributed by atoms with E-state index < -0.39 is 91.5 Å². The first-order valence-electron chi connectivity index (χ1n) is 31.9. The standard InChI is InChI=1S/C65H114O16P2/c1-4-7-10-13-16-19-22-25-28-29-32-34-36-39-42-45-48-51-63(68)75-54-60(66)55-77-82(71,72)78-56-61(67)57-79-83(73,74)80-59-62(81-65(70)53-50-47-44-41-38-35-31-27-24-21-18-15-12-9-6-3)58-76-64(69)52-49-46-43-40-37-33-30-26-23-20-17-14-11-8-5-2/h7-8,10-11,16-17,19-20,25-28,30-31,60-62,66-67H,4-6,9,12-15,18,21-24,29,32-59H2,1-3H3,(H,71,72)(H,73,74)/b10-7-,11-8-,19-16-,20-17-,28-25-,30-26-,31-27-. The molecule has 18 heteroatoms. The van der Waals surface area contributed by atoms with Crippen LogP contribution in [0.25, 0.3) is 0 Å². The van der Waals surface area contributed by atoms with Crippen LogP contribution in [0, 0.1) is 0 Å². The van der Waals surface area contributed by atoms with Gasteiger partial charge in [0, 0.05) is 19.3 Å². The lowest BCUT2D eigenvalue weighted by Crippen LogP contribution is -2.30. The van der Waals surface area contributed by atoms with Crippen molar-refractivity contribution in [3.63, 3.8) is 0 Å².